The third kappa shape index (κ3) is 5.31. The summed E-state index contributed by atoms with van der Waals surface area (Å²) < 4.78 is 0. The van der Waals surface area contributed by atoms with Gasteiger partial charge in [-0.3, -0.25) is 0 Å². The van der Waals surface area contributed by atoms with E-state index in [-0.39, 0.29) is 0 Å². The number of aromatic nitrogens is 3. The molecule has 9 heteroatoms. The molecule has 1 unspecified atom stereocenters. The summed E-state index contributed by atoms with van der Waals surface area (Å²) >= 11 is 1.45. The quantitative estimate of drug-likeness (QED) is 0.477. The van der Waals surface area contributed by atoms with Crippen molar-refractivity contribution in [2.75, 3.05) is 18.4 Å². The predicted molar refractivity (Wildman–Crippen MR) is 129 cm³/mol. The minimum atomic E-state index is -1.11. The first-order chi connectivity index (χ1) is 15.7. The molecule has 2 aromatic heterocycles. The fourth-order valence-electron chi connectivity index (χ4n) is 4.03. The van der Waals surface area contributed by atoms with Gasteiger partial charge < -0.3 is 20.4 Å². The fourth-order valence-corrected chi connectivity index (χ4v) is 5.08. The Kier molecular flexibility index (Phi) is 6.62. The highest BCUT2D eigenvalue weighted by atomic mass is 32.1. The molecule has 1 amide bonds. The number of amides is 1. The van der Waals surface area contributed by atoms with Gasteiger partial charge in [-0.25, -0.2) is 19.7 Å². The van der Waals surface area contributed by atoms with Crippen LogP contribution in [0.1, 0.15) is 55.3 Å². The van der Waals surface area contributed by atoms with Crippen molar-refractivity contribution in [1.29, 1.82) is 0 Å². The third-order valence-corrected chi connectivity index (χ3v) is 7.11. The summed E-state index contributed by atoms with van der Waals surface area (Å²) in [7, 11) is 0. The zero-order valence-corrected chi connectivity index (χ0v) is 19.9. The first-order valence-corrected chi connectivity index (χ1v) is 11.9. The van der Waals surface area contributed by atoms with E-state index in [0.29, 0.717) is 49.2 Å². The number of likely N-dealkylation sites (tertiary alicyclic amines) is 1. The van der Waals surface area contributed by atoms with Crippen molar-refractivity contribution in [3.63, 3.8) is 0 Å². The molecule has 1 aromatic carbocycles. The second-order valence-corrected chi connectivity index (χ2v) is 9.89. The summed E-state index contributed by atoms with van der Waals surface area (Å²) in [6.07, 6.45) is 4.04. The molecule has 0 aliphatic carbocycles. The summed E-state index contributed by atoms with van der Waals surface area (Å²) in [5.74, 6) is 0.869. The van der Waals surface area contributed by atoms with Crippen LogP contribution in [0.15, 0.2) is 36.7 Å². The molecule has 0 radical (unpaired) electrons. The second-order valence-electron chi connectivity index (χ2n) is 8.86. The Morgan fingerprint density at radius 3 is 2.79 bits per heavy atom. The van der Waals surface area contributed by atoms with Gasteiger partial charge in [0.05, 0.1) is 4.88 Å². The van der Waals surface area contributed by atoms with Gasteiger partial charge in [-0.05, 0) is 55.0 Å². The average Bonchev–Trinajstić information content (AvgIpc) is 3.18. The van der Waals surface area contributed by atoms with E-state index in [1.165, 1.54) is 16.2 Å². The molecule has 33 heavy (non-hydrogen) atoms. The van der Waals surface area contributed by atoms with Gasteiger partial charge in [-0.15, -0.1) is 11.3 Å². The Labute approximate surface area is 197 Å². The van der Waals surface area contributed by atoms with Crippen LogP contribution in [0.2, 0.25) is 0 Å². The molecule has 1 aliphatic rings. The van der Waals surface area contributed by atoms with Crippen LogP contribution in [0.4, 0.5) is 16.4 Å². The first kappa shape index (κ1) is 23.1. The van der Waals surface area contributed by atoms with Crippen molar-refractivity contribution in [2.45, 2.75) is 51.6 Å². The minimum absolute atomic E-state index is 0.300. The van der Waals surface area contributed by atoms with Crippen LogP contribution in [-0.2, 0) is 5.60 Å². The zero-order chi connectivity index (χ0) is 23.6. The zero-order valence-electron chi connectivity index (χ0n) is 19.1. The number of nitrogens with one attached hydrogen (secondary N) is 1. The highest BCUT2D eigenvalue weighted by Crippen LogP contribution is 2.39. The summed E-state index contributed by atoms with van der Waals surface area (Å²) in [4.78, 5) is 27.1. The Hall–Kier alpha value is -3.04. The average molecular weight is 468 g/mol. The minimum Gasteiger partial charge on any atom is -0.465 e. The number of thiazole rings is 1. The van der Waals surface area contributed by atoms with Gasteiger partial charge in [0.15, 0.2) is 0 Å². The van der Waals surface area contributed by atoms with Gasteiger partial charge in [0.25, 0.3) is 0 Å². The number of aryl methyl sites for hydroxylation is 1. The lowest BCUT2D eigenvalue weighted by atomic mass is 9.96. The van der Waals surface area contributed by atoms with Crippen LogP contribution in [0, 0.1) is 6.92 Å². The number of benzene rings is 1. The molecule has 8 nitrogen and oxygen atoms in total. The topological polar surface area (TPSA) is 111 Å². The Balaban J connectivity index is 1.56. The number of carbonyl (C=O) groups is 1. The summed E-state index contributed by atoms with van der Waals surface area (Å²) in [5.41, 5.74) is 2.82. The number of aliphatic hydroxyl groups is 1. The largest absolute Gasteiger partial charge is 0.465 e. The van der Waals surface area contributed by atoms with Gasteiger partial charge in [0, 0.05) is 43.3 Å². The van der Waals surface area contributed by atoms with Crippen LogP contribution >= 0.6 is 11.3 Å². The maximum atomic E-state index is 11.3. The number of hydrogen-bond acceptors (Lipinski definition) is 7. The summed E-state index contributed by atoms with van der Waals surface area (Å²) in [6, 6.07) is 8.07. The predicted octanol–water partition coefficient (Wildman–Crippen LogP) is 5.13. The number of nitrogens with zero attached hydrogens (tertiary/aromatic N) is 4. The smallest absolute Gasteiger partial charge is 0.407 e. The molecule has 3 aromatic rings. The maximum Gasteiger partial charge on any atom is 0.407 e. The lowest BCUT2D eigenvalue weighted by Crippen LogP contribution is -2.32. The molecule has 0 spiro atoms. The molecule has 3 N–H and O–H groups in total. The molecule has 0 saturated carbocycles. The first-order valence-electron chi connectivity index (χ1n) is 11.1. The van der Waals surface area contributed by atoms with Crippen molar-refractivity contribution in [2.24, 2.45) is 0 Å². The number of carboxylic acid groups (broad SMARTS) is 1. The van der Waals surface area contributed by atoms with Gasteiger partial charge in [0.2, 0.25) is 5.95 Å². The van der Waals surface area contributed by atoms with E-state index in [4.69, 9.17) is 0 Å². The Morgan fingerprint density at radius 1 is 1.21 bits per heavy atom. The molecule has 1 atom stereocenters. The van der Waals surface area contributed by atoms with E-state index in [9.17, 15) is 15.0 Å². The lowest BCUT2D eigenvalue weighted by Gasteiger charge is -2.24. The highest BCUT2D eigenvalue weighted by molar-refractivity contribution is 7.15. The Bertz CT molecular complexity index is 1150. The van der Waals surface area contributed by atoms with E-state index >= 15 is 0 Å². The van der Waals surface area contributed by atoms with Gasteiger partial charge in [0.1, 0.15) is 10.6 Å². The van der Waals surface area contributed by atoms with Crippen molar-refractivity contribution >= 4 is 29.1 Å². The normalized spacial score (nSPS) is 18.9. The molecule has 1 aliphatic heterocycles. The standard InChI is InChI=1S/C24H29N5O3S/c1-15(2)19-5-8-25-22(28-19)27-18-12-16(3)11-17(13-18)20-14-26-21(33-20)24(32)6-4-9-29(10-7-24)23(30)31/h5,8,11-15,32H,4,6-7,9-10H2,1-3H3,(H,30,31)(H,25,27,28). The fraction of sp³-hybridized carbons (Fsp3) is 0.417. The van der Waals surface area contributed by atoms with E-state index in [0.717, 1.165) is 27.4 Å². The van der Waals surface area contributed by atoms with E-state index in [1.54, 1.807) is 12.4 Å². The van der Waals surface area contributed by atoms with E-state index < -0.39 is 11.7 Å². The second kappa shape index (κ2) is 9.44. The van der Waals surface area contributed by atoms with Crippen molar-refractivity contribution in [3.8, 4) is 10.4 Å². The van der Waals surface area contributed by atoms with E-state index in [1.807, 2.05) is 25.1 Å². The lowest BCUT2D eigenvalue weighted by molar-refractivity contribution is 0.0213. The van der Waals surface area contributed by atoms with Crippen molar-refractivity contribution in [3.05, 3.63) is 52.9 Å². The Morgan fingerprint density at radius 2 is 2.03 bits per heavy atom. The van der Waals surface area contributed by atoms with Crippen molar-refractivity contribution in [1.82, 2.24) is 19.9 Å². The molecular weight excluding hydrogens is 438 g/mol. The molecular formula is C24H29N5O3S. The van der Waals surface area contributed by atoms with Gasteiger partial charge in [-0.1, -0.05) is 19.9 Å². The van der Waals surface area contributed by atoms with E-state index in [2.05, 4.69) is 40.2 Å². The third-order valence-electron chi connectivity index (χ3n) is 5.87. The van der Waals surface area contributed by atoms with Crippen LogP contribution in [0.3, 0.4) is 0 Å². The molecule has 3 heterocycles. The number of rotatable bonds is 5. The molecule has 1 saturated heterocycles. The summed E-state index contributed by atoms with van der Waals surface area (Å²) in [5, 5.41) is 24.5. The molecule has 4 rings (SSSR count). The molecule has 0 bridgehead atoms. The van der Waals surface area contributed by atoms with Crippen molar-refractivity contribution < 1.29 is 15.0 Å². The molecule has 1 fully saturated rings. The maximum absolute atomic E-state index is 11.3. The van der Waals surface area contributed by atoms with Crippen LogP contribution < -0.4 is 5.32 Å². The number of hydrogen-bond donors (Lipinski definition) is 3. The van der Waals surface area contributed by atoms with Crippen LogP contribution in [-0.4, -0.2) is 49.2 Å². The van der Waals surface area contributed by atoms with Gasteiger partial charge >= 0.3 is 6.09 Å². The van der Waals surface area contributed by atoms with Crippen LogP contribution in [0.25, 0.3) is 10.4 Å². The number of anilines is 2. The molecule has 174 valence electrons. The van der Waals surface area contributed by atoms with Gasteiger partial charge in [-0.2, -0.15) is 0 Å². The monoisotopic (exact) mass is 467 g/mol. The highest BCUT2D eigenvalue weighted by Gasteiger charge is 2.35. The van der Waals surface area contributed by atoms with Crippen LogP contribution in [0.5, 0.6) is 0 Å². The SMILES string of the molecule is Cc1cc(Nc2nccc(C(C)C)n2)cc(-c2cnc(C3(O)CCCN(C(=O)O)CC3)s2)c1. The summed E-state index contributed by atoms with van der Waals surface area (Å²) in [6.45, 7) is 6.96.